The molecule has 3 N–H and O–H groups in total. The van der Waals surface area contributed by atoms with Crippen molar-refractivity contribution >= 4 is 5.91 Å². The Hall–Kier alpha value is -2.24. The van der Waals surface area contributed by atoms with Crippen molar-refractivity contribution in [3.8, 4) is 0 Å². The summed E-state index contributed by atoms with van der Waals surface area (Å²) < 4.78 is 0. The fourth-order valence-corrected chi connectivity index (χ4v) is 2.80. The van der Waals surface area contributed by atoms with Crippen LogP contribution in [0.3, 0.4) is 0 Å². The minimum absolute atomic E-state index is 0.0543. The van der Waals surface area contributed by atoms with Gasteiger partial charge in [-0.25, -0.2) is 0 Å². The number of pyridine rings is 1. The molecule has 0 unspecified atom stereocenters. The second kappa shape index (κ2) is 6.89. The van der Waals surface area contributed by atoms with Crippen LogP contribution in [0.5, 0.6) is 0 Å². The molecule has 0 saturated carbocycles. The summed E-state index contributed by atoms with van der Waals surface area (Å²) in [4.78, 5) is 16.2. The second-order valence-electron chi connectivity index (χ2n) is 5.93. The van der Waals surface area contributed by atoms with E-state index in [1.807, 2.05) is 19.1 Å². The van der Waals surface area contributed by atoms with Gasteiger partial charge in [-0.05, 0) is 36.6 Å². The second-order valence-corrected chi connectivity index (χ2v) is 5.93. The lowest BCUT2D eigenvalue weighted by atomic mass is 9.93. The van der Waals surface area contributed by atoms with Crippen molar-refractivity contribution in [2.45, 2.75) is 32.0 Å². The van der Waals surface area contributed by atoms with Gasteiger partial charge in [0.25, 0.3) is 5.91 Å². The van der Waals surface area contributed by atoms with Gasteiger partial charge in [0.2, 0.25) is 0 Å². The highest BCUT2D eigenvalue weighted by molar-refractivity contribution is 5.93. The van der Waals surface area contributed by atoms with E-state index >= 15 is 0 Å². The van der Waals surface area contributed by atoms with Crippen molar-refractivity contribution in [2.24, 2.45) is 0 Å². The molecule has 5 heteroatoms. The third kappa shape index (κ3) is 3.75. The van der Waals surface area contributed by atoms with Gasteiger partial charge in [0.15, 0.2) is 0 Å². The van der Waals surface area contributed by atoms with Gasteiger partial charge in [0.05, 0.1) is 11.7 Å². The van der Waals surface area contributed by atoms with E-state index in [0.29, 0.717) is 5.56 Å². The Morgan fingerprint density at radius 2 is 2.13 bits per heavy atom. The number of nitrogens with zero attached hydrogens (tertiary/aromatic N) is 1. The summed E-state index contributed by atoms with van der Waals surface area (Å²) in [6.45, 7) is 2.83. The molecule has 2 atom stereocenters. The number of hydrogen-bond acceptors (Lipinski definition) is 4. The Kier molecular flexibility index (Phi) is 4.69. The topological polar surface area (TPSA) is 74.2 Å². The molecule has 5 nitrogen and oxygen atoms in total. The predicted octanol–water partition coefficient (Wildman–Crippen LogP) is 1.20. The van der Waals surface area contributed by atoms with Crippen LogP contribution >= 0.6 is 0 Å². The fraction of sp³-hybridized carbons (Fsp3) is 0.333. The average molecular weight is 311 g/mol. The summed E-state index contributed by atoms with van der Waals surface area (Å²) >= 11 is 0. The molecule has 0 aliphatic carbocycles. The maximum Gasteiger partial charge on any atom is 0.252 e. The van der Waals surface area contributed by atoms with Gasteiger partial charge in [-0.15, -0.1) is 0 Å². The molecule has 1 aromatic carbocycles. The van der Waals surface area contributed by atoms with Crippen LogP contribution in [-0.2, 0) is 13.0 Å². The number of carbonyl (C=O) groups excluding carboxylic acids is 1. The standard InChI is InChI=1S/C18H21N3O2/c1-12-6-7-15(10-19-12)18(23)21-11-17(22)16-8-13-4-2-3-5-14(13)9-20-16/h2-7,10,16-17,20,22H,8-9,11H2,1H3,(H,21,23)/t16-,17+/m0/s1. The molecule has 1 aromatic heterocycles. The molecule has 1 amide bonds. The Labute approximate surface area is 135 Å². The van der Waals surface area contributed by atoms with E-state index in [1.54, 1.807) is 18.3 Å². The van der Waals surface area contributed by atoms with E-state index in [0.717, 1.165) is 18.7 Å². The maximum absolute atomic E-state index is 12.1. The largest absolute Gasteiger partial charge is 0.390 e. The van der Waals surface area contributed by atoms with Crippen LogP contribution in [0, 0.1) is 6.92 Å². The van der Waals surface area contributed by atoms with Gasteiger partial charge >= 0.3 is 0 Å². The Morgan fingerprint density at radius 3 is 2.87 bits per heavy atom. The molecule has 3 rings (SSSR count). The van der Waals surface area contributed by atoms with Crippen molar-refractivity contribution in [1.29, 1.82) is 0 Å². The number of aryl methyl sites for hydroxylation is 1. The van der Waals surface area contributed by atoms with Crippen LogP contribution < -0.4 is 10.6 Å². The smallest absolute Gasteiger partial charge is 0.252 e. The van der Waals surface area contributed by atoms with Gasteiger partial charge in [0, 0.05) is 31.0 Å². The fourth-order valence-electron chi connectivity index (χ4n) is 2.80. The number of fused-ring (bicyclic) bond motifs is 1. The zero-order valence-corrected chi connectivity index (χ0v) is 13.1. The highest BCUT2D eigenvalue weighted by atomic mass is 16.3. The van der Waals surface area contributed by atoms with Crippen LogP contribution in [0.2, 0.25) is 0 Å². The number of aliphatic hydroxyl groups is 1. The third-order valence-corrected chi connectivity index (χ3v) is 4.22. The normalized spacial score (nSPS) is 18.1. The van der Waals surface area contributed by atoms with Gasteiger partial charge in [-0.2, -0.15) is 0 Å². The van der Waals surface area contributed by atoms with Crippen molar-refractivity contribution in [3.63, 3.8) is 0 Å². The van der Waals surface area contributed by atoms with E-state index in [9.17, 15) is 9.90 Å². The highest BCUT2D eigenvalue weighted by Gasteiger charge is 2.24. The van der Waals surface area contributed by atoms with Crippen LogP contribution in [0.4, 0.5) is 0 Å². The molecule has 2 heterocycles. The molecule has 0 fully saturated rings. The minimum atomic E-state index is -0.634. The summed E-state index contributed by atoms with van der Waals surface area (Å²) in [6, 6.07) is 11.7. The van der Waals surface area contributed by atoms with E-state index in [2.05, 4.69) is 27.8 Å². The number of rotatable bonds is 4. The number of aromatic nitrogens is 1. The number of nitrogens with one attached hydrogen (secondary N) is 2. The highest BCUT2D eigenvalue weighted by Crippen LogP contribution is 2.17. The van der Waals surface area contributed by atoms with Crippen molar-refractivity contribution in [2.75, 3.05) is 6.54 Å². The van der Waals surface area contributed by atoms with Crippen molar-refractivity contribution < 1.29 is 9.90 Å². The van der Waals surface area contributed by atoms with E-state index in [4.69, 9.17) is 0 Å². The number of hydrogen-bond donors (Lipinski definition) is 3. The summed E-state index contributed by atoms with van der Waals surface area (Å²) in [7, 11) is 0. The molecular weight excluding hydrogens is 290 g/mol. The summed E-state index contributed by atoms with van der Waals surface area (Å²) in [6.07, 6.45) is 1.68. The molecule has 120 valence electrons. The number of aliphatic hydroxyl groups excluding tert-OH is 1. The molecule has 0 saturated heterocycles. The summed E-state index contributed by atoms with van der Waals surface area (Å²) in [5, 5.41) is 16.4. The van der Waals surface area contributed by atoms with Crippen molar-refractivity contribution in [3.05, 3.63) is 65.0 Å². The lowest BCUT2D eigenvalue weighted by Crippen LogP contribution is -2.49. The molecular formula is C18H21N3O2. The number of carbonyl (C=O) groups is 1. The first-order chi connectivity index (χ1) is 11.1. The Bertz CT molecular complexity index is 685. The lowest BCUT2D eigenvalue weighted by molar-refractivity contribution is 0.0869. The minimum Gasteiger partial charge on any atom is -0.390 e. The first-order valence-corrected chi connectivity index (χ1v) is 7.82. The van der Waals surface area contributed by atoms with E-state index < -0.39 is 6.10 Å². The molecule has 0 spiro atoms. The molecule has 1 aliphatic heterocycles. The molecule has 2 aromatic rings. The first-order valence-electron chi connectivity index (χ1n) is 7.82. The average Bonchev–Trinajstić information content (AvgIpc) is 2.59. The monoisotopic (exact) mass is 311 g/mol. The van der Waals surface area contributed by atoms with Gasteiger partial charge in [-0.1, -0.05) is 24.3 Å². The maximum atomic E-state index is 12.1. The molecule has 1 aliphatic rings. The van der Waals surface area contributed by atoms with Crippen molar-refractivity contribution in [1.82, 2.24) is 15.6 Å². The van der Waals surface area contributed by atoms with Crippen LogP contribution in [0.15, 0.2) is 42.6 Å². The van der Waals surface area contributed by atoms with Gasteiger partial charge in [-0.3, -0.25) is 9.78 Å². The molecule has 0 bridgehead atoms. The van der Waals surface area contributed by atoms with Crippen LogP contribution in [-0.4, -0.2) is 34.7 Å². The zero-order valence-electron chi connectivity index (χ0n) is 13.1. The summed E-state index contributed by atoms with van der Waals surface area (Å²) in [5.74, 6) is -0.215. The SMILES string of the molecule is Cc1ccc(C(=O)NC[C@@H](O)[C@@H]2Cc3ccccc3CN2)cn1. The predicted molar refractivity (Wildman–Crippen MR) is 88.1 cm³/mol. The molecule has 0 radical (unpaired) electrons. The number of benzene rings is 1. The first kappa shape index (κ1) is 15.6. The number of amides is 1. The Balaban J connectivity index is 1.55. The van der Waals surface area contributed by atoms with E-state index in [-0.39, 0.29) is 18.5 Å². The summed E-state index contributed by atoms with van der Waals surface area (Å²) in [5.41, 5.74) is 3.89. The van der Waals surface area contributed by atoms with Crippen LogP contribution in [0.25, 0.3) is 0 Å². The quantitative estimate of drug-likeness (QED) is 0.793. The van der Waals surface area contributed by atoms with Gasteiger partial charge < -0.3 is 15.7 Å². The Morgan fingerprint density at radius 1 is 1.35 bits per heavy atom. The van der Waals surface area contributed by atoms with E-state index in [1.165, 1.54) is 11.1 Å². The zero-order chi connectivity index (χ0) is 16.2. The third-order valence-electron chi connectivity index (χ3n) is 4.22. The lowest BCUT2D eigenvalue weighted by Gasteiger charge is -2.30. The van der Waals surface area contributed by atoms with Crippen LogP contribution in [0.1, 0.15) is 27.2 Å². The molecule has 23 heavy (non-hydrogen) atoms. The van der Waals surface area contributed by atoms with Gasteiger partial charge in [0.1, 0.15) is 0 Å².